The Balaban J connectivity index is 2.32. The lowest BCUT2D eigenvalue weighted by molar-refractivity contribution is 0.253. The Morgan fingerprint density at radius 1 is 1.20 bits per heavy atom. The third-order valence-corrected chi connectivity index (χ3v) is 6.73. The van der Waals surface area contributed by atoms with Gasteiger partial charge in [0.15, 0.2) is 0 Å². The highest BCUT2D eigenvalue weighted by Crippen LogP contribution is 2.35. The van der Waals surface area contributed by atoms with Crippen molar-refractivity contribution in [1.29, 1.82) is 0 Å². The SMILES string of the molecule is CNC1CC(C)CC(C)C1S(=O)c1cc(C)ccc1C. The van der Waals surface area contributed by atoms with Crippen molar-refractivity contribution < 1.29 is 4.21 Å². The van der Waals surface area contributed by atoms with Crippen LogP contribution < -0.4 is 5.32 Å². The molecule has 0 saturated heterocycles. The second kappa shape index (κ2) is 6.40. The fourth-order valence-electron chi connectivity index (χ4n) is 3.54. The van der Waals surface area contributed by atoms with Crippen LogP contribution in [0, 0.1) is 25.7 Å². The van der Waals surface area contributed by atoms with Crippen LogP contribution in [-0.2, 0) is 10.8 Å². The standard InChI is InChI=1S/C17H27NOS/c1-11-6-7-13(3)16(10-11)20(19)17-14(4)8-12(2)9-15(17)18-5/h6-7,10,12,14-15,17-18H,8-9H2,1-5H3. The predicted molar refractivity (Wildman–Crippen MR) is 86.5 cm³/mol. The highest BCUT2D eigenvalue weighted by Gasteiger charge is 2.37. The molecule has 1 fully saturated rings. The summed E-state index contributed by atoms with van der Waals surface area (Å²) in [5, 5.41) is 3.63. The number of hydrogen-bond acceptors (Lipinski definition) is 2. The van der Waals surface area contributed by atoms with Gasteiger partial charge in [0.2, 0.25) is 0 Å². The summed E-state index contributed by atoms with van der Waals surface area (Å²) in [6, 6.07) is 6.64. The predicted octanol–water partition coefficient (Wildman–Crippen LogP) is 3.43. The van der Waals surface area contributed by atoms with Crippen molar-refractivity contribution in [1.82, 2.24) is 5.32 Å². The van der Waals surface area contributed by atoms with Crippen molar-refractivity contribution in [3.8, 4) is 0 Å². The fourth-order valence-corrected chi connectivity index (χ4v) is 5.60. The lowest BCUT2D eigenvalue weighted by Gasteiger charge is -2.39. The molecule has 2 nitrogen and oxygen atoms in total. The van der Waals surface area contributed by atoms with Crippen LogP contribution in [0.1, 0.15) is 37.8 Å². The Hall–Kier alpha value is -0.670. The van der Waals surface area contributed by atoms with Crippen LogP contribution in [0.5, 0.6) is 0 Å². The first kappa shape index (κ1) is 15.7. The molecule has 0 aromatic heterocycles. The van der Waals surface area contributed by atoms with E-state index < -0.39 is 10.8 Å². The Labute approximate surface area is 125 Å². The zero-order valence-electron chi connectivity index (χ0n) is 13.3. The van der Waals surface area contributed by atoms with E-state index in [9.17, 15) is 4.21 Å². The summed E-state index contributed by atoms with van der Waals surface area (Å²) in [6.07, 6.45) is 2.31. The largest absolute Gasteiger partial charge is 0.316 e. The molecule has 5 unspecified atom stereocenters. The van der Waals surface area contributed by atoms with Crippen molar-refractivity contribution in [2.24, 2.45) is 11.8 Å². The molecular weight excluding hydrogens is 266 g/mol. The first-order valence-electron chi connectivity index (χ1n) is 7.59. The Kier molecular flexibility index (Phi) is 5.03. The minimum atomic E-state index is -0.929. The molecule has 112 valence electrons. The summed E-state index contributed by atoms with van der Waals surface area (Å²) >= 11 is 0. The smallest absolute Gasteiger partial charge is 0.0582 e. The molecule has 1 aromatic rings. The van der Waals surface area contributed by atoms with E-state index >= 15 is 0 Å². The highest BCUT2D eigenvalue weighted by molar-refractivity contribution is 7.85. The average Bonchev–Trinajstić information content (AvgIpc) is 2.40. The topological polar surface area (TPSA) is 29.1 Å². The van der Waals surface area contributed by atoms with E-state index in [1.807, 2.05) is 7.05 Å². The summed E-state index contributed by atoms with van der Waals surface area (Å²) in [6.45, 7) is 8.70. The molecule has 2 rings (SSSR count). The second-order valence-corrected chi connectivity index (χ2v) is 8.06. The van der Waals surface area contributed by atoms with Crippen LogP contribution >= 0.6 is 0 Å². The summed E-state index contributed by atoms with van der Waals surface area (Å²) in [4.78, 5) is 1.02. The van der Waals surface area contributed by atoms with E-state index in [2.05, 4.69) is 51.2 Å². The molecule has 0 heterocycles. The van der Waals surface area contributed by atoms with Gasteiger partial charge in [0, 0.05) is 10.9 Å². The Morgan fingerprint density at radius 2 is 1.90 bits per heavy atom. The molecule has 0 aliphatic heterocycles. The van der Waals surface area contributed by atoms with Crippen LogP contribution in [0.4, 0.5) is 0 Å². The summed E-state index contributed by atoms with van der Waals surface area (Å²) in [5.74, 6) is 1.21. The quantitative estimate of drug-likeness (QED) is 0.925. The lowest BCUT2D eigenvalue weighted by Crippen LogP contribution is -2.48. The van der Waals surface area contributed by atoms with Crippen molar-refractivity contribution in [2.45, 2.75) is 56.7 Å². The molecule has 1 N–H and O–H groups in total. The molecule has 3 heteroatoms. The number of aryl methyl sites for hydroxylation is 2. The third kappa shape index (κ3) is 3.15. The van der Waals surface area contributed by atoms with Gasteiger partial charge in [0.05, 0.1) is 16.0 Å². The molecule has 0 spiro atoms. The maximum absolute atomic E-state index is 13.1. The van der Waals surface area contributed by atoms with E-state index in [0.29, 0.717) is 17.9 Å². The minimum Gasteiger partial charge on any atom is -0.316 e. The summed E-state index contributed by atoms with van der Waals surface area (Å²) < 4.78 is 13.1. The van der Waals surface area contributed by atoms with Crippen LogP contribution in [0.2, 0.25) is 0 Å². The number of benzene rings is 1. The molecule has 1 aliphatic carbocycles. The summed E-state index contributed by atoms with van der Waals surface area (Å²) in [7, 11) is 1.07. The van der Waals surface area contributed by atoms with Gasteiger partial charge in [-0.05, 0) is 62.8 Å². The lowest BCUT2D eigenvalue weighted by atomic mass is 9.80. The molecular formula is C17H27NOS. The zero-order valence-corrected chi connectivity index (χ0v) is 14.1. The fraction of sp³-hybridized carbons (Fsp3) is 0.647. The molecule has 1 aromatic carbocycles. The van der Waals surface area contributed by atoms with Gasteiger partial charge in [-0.3, -0.25) is 4.21 Å². The van der Waals surface area contributed by atoms with Crippen molar-refractivity contribution in [2.75, 3.05) is 7.05 Å². The van der Waals surface area contributed by atoms with Crippen molar-refractivity contribution >= 4 is 10.8 Å². The minimum absolute atomic E-state index is 0.219. The molecule has 20 heavy (non-hydrogen) atoms. The molecule has 1 saturated carbocycles. The van der Waals surface area contributed by atoms with Crippen molar-refractivity contribution in [3.05, 3.63) is 29.3 Å². The maximum atomic E-state index is 13.1. The summed E-state index contributed by atoms with van der Waals surface area (Å²) in [5.41, 5.74) is 2.34. The average molecular weight is 293 g/mol. The van der Waals surface area contributed by atoms with Gasteiger partial charge < -0.3 is 5.32 Å². The molecule has 0 radical (unpaired) electrons. The van der Waals surface area contributed by atoms with Crippen LogP contribution in [0.15, 0.2) is 23.1 Å². The van der Waals surface area contributed by atoms with Crippen molar-refractivity contribution in [3.63, 3.8) is 0 Å². The van der Waals surface area contributed by atoms with E-state index in [4.69, 9.17) is 0 Å². The molecule has 0 bridgehead atoms. The monoisotopic (exact) mass is 293 g/mol. The van der Waals surface area contributed by atoms with Gasteiger partial charge in [-0.15, -0.1) is 0 Å². The number of hydrogen-bond donors (Lipinski definition) is 1. The van der Waals surface area contributed by atoms with E-state index in [-0.39, 0.29) is 5.25 Å². The Morgan fingerprint density at radius 3 is 2.55 bits per heavy atom. The van der Waals surface area contributed by atoms with Gasteiger partial charge in [0.25, 0.3) is 0 Å². The van der Waals surface area contributed by atoms with Gasteiger partial charge in [-0.1, -0.05) is 26.0 Å². The van der Waals surface area contributed by atoms with Gasteiger partial charge >= 0.3 is 0 Å². The van der Waals surface area contributed by atoms with Gasteiger partial charge in [-0.25, -0.2) is 0 Å². The van der Waals surface area contributed by atoms with E-state index in [0.717, 1.165) is 16.9 Å². The Bertz CT molecular complexity index is 500. The maximum Gasteiger partial charge on any atom is 0.0582 e. The van der Waals surface area contributed by atoms with Gasteiger partial charge in [0.1, 0.15) is 0 Å². The highest BCUT2D eigenvalue weighted by atomic mass is 32.2. The van der Waals surface area contributed by atoms with E-state index in [1.54, 1.807) is 0 Å². The molecule has 5 atom stereocenters. The zero-order chi connectivity index (χ0) is 14.9. The second-order valence-electron chi connectivity index (χ2n) is 6.48. The first-order chi connectivity index (χ1) is 9.43. The number of rotatable bonds is 3. The van der Waals surface area contributed by atoms with Crippen LogP contribution in [0.25, 0.3) is 0 Å². The van der Waals surface area contributed by atoms with E-state index in [1.165, 1.54) is 12.0 Å². The normalized spacial score (nSPS) is 32.0. The van der Waals surface area contributed by atoms with Crippen LogP contribution in [-0.4, -0.2) is 22.5 Å². The molecule has 1 aliphatic rings. The third-order valence-electron chi connectivity index (χ3n) is 4.57. The van der Waals surface area contributed by atoms with Crippen LogP contribution in [0.3, 0.4) is 0 Å². The molecule has 0 amide bonds. The van der Waals surface area contributed by atoms with Gasteiger partial charge in [-0.2, -0.15) is 0 Å². The number of nitrogens with one attached hydrogen (secondary N) is 1. The first-order valence-corrected chi connectivity index (χ1v) is 8.80.